The molecule has 1 saturated heterocycles. The standard InChI is InChI=1S/C17H21N3O3/c1-22-17(7-9-23-10-8-17)12-19-16(21)14-11-18-15(20-14)13-5-3-2-4-6-13/h2-6,11H,7-10,12H2,1H3,(H,18,20)(H,19,21). The molecule has 0 aliphatic carbocycles. The van der Waals surface area contributed by atoms with E-state index in [-0.39, 0.29) is 11.5 Å². The van der Waals surface area contributed by atoms with Gasteiger partial charge in [0.15, 0.2) is 0 Å². The molecule has 0 bridgehead atoms. The molecule has 1 amide bonds. The highest BCUT2D eigenvalue weighted by Crippen LogP contribution is 2.23. The molecule has 2 aromatic rings. The minimum Gasteiger partial charge on any atom is -0.381 e. The molecule has 1 aromatic heterocycles. The van der Waals surface area contributed by atoms with Crippen molar-refractivity contribution in [2.75, 3.05) is 26.9 Å². The second-order valence-corrected chi connectivity index (χ2v) is 5.69. The fourth-order valence-electron chi connectivity index (χ4n) is 2.71. The van der Waals surface area contributed by atoms with Crippen LogP contribution in [-0.2, 0) is 9.47 Å². The van der Waals surface area contributed by atoms with Crippen molar-refractivity contribution < 1.29 is 14.3 Å². The molecule has 3 rings (SSSR count). The van der Waals surface area contributed by atoms with Crippen molar-refractivity contribution in [3.05, 3.63) is 42.2 Å². The molecule has 1 aliphatic heterocycles. The van der Waals surface area contributed by atoms with Crippen molar-refractivity contribution in [3.63, 3.8) is 0 Å². The molecule has 1 aromatic carbocycles. The van der Waals surface area contributed by atoms with E-state index in [1.54, 1.807) is 13.3 Å². The fraction of sp³-hybridized carbons (Fsp3) is 0.412. The van der Waals surface area contributed by atoms with Crippen LogP contribution < -0.4 is 5.32 Å². The molecule has 0 saturated carbocycles. The number of aromatic nitrogens is 2. The van der Waals surface area contributed by atoms with Gasteiger partial charge in [0, 0.05) is 45.3 Å². The fourth-order valence-corrected chi connectivity index (χ4v) is 2.71. The van der Waals surface area contributed by atoms with Gasteiger partial charge in [0.1, 0.15) is 11.5 Å². The number of imidazole rings is 1. The summed E-state index contributed by atoms with van der Waals surface area (Å²) in [6.45, 7) is 1.78. The highest BCUT2D eigenvalue weighted by Gasteiger charge is 2.33. The number of nitrogens with zero attached hydrogens (tertiary/aromatic N) is 1. The maximum atomic E-state index is 12.3. The Hall–Kier alpha value is -2.18. The van der Waals surface area contributed by atoms with Gasteiger partial charge in [-0.3, -0.25) is 4.79 Å². The van der Waals surface area contributed by atoms with E-state index in [4.69, 9.17) is 9.47 Å². The van der Waals surface area contributed by atoms with Gasteiger partial charge in [0.2, 0.25) is 0 Å². The Morgan fingerprint density at radius 2 is 2.09 bits per heavy atom. The van der Waals surface area contributed by atoms with Crippen molar-refractivity contribution in [2.24, 2.45) is 0 Å². The molecule has 122 valence electrons. The largest absolute Gasteiger partial charge is 0.381 e. The second kappa shape index (κ2) is 6.93. The lowest BCUT2D eigenvalue weighted by Gasteiger charge is -2.35. The number of carbonyl (C=O) groups is 1. The molecular formula is C17H21N3O3. The zero-order valence-corrected chi connectivity index (χ0v) is 13.2. The first kappa shape index (κ1) is 15.7. The summed E-state index contributed by atoms with van der Waals surface area (Å²) in [6, 6.07) is 9.71. The number of nitrogens with one attached hydrogen (secondary N) is 2. The van der Waals surface area contributed by atoms with Crippen molar-refractivity contribution in [2.45, 2.75) is 18.4 Å². The predicted molar refractivity (Wildman–Crippen MR) is 86.1 cm³/mol. The number of hydrogen-bond donors (Lipinski definition) is 2. The van der Waals surface area contributed by atoms with Gasteiger partial charge in [-0.05, 0) is 0 Å². The minimum absolute atomic E-state index is 0.178. The Bertz CT molecular complexity index is 648. The lowest BCUT2D eigenvalue weighted by atomic mass is 9.94. The molecule has 0 radical (unpaired) electrons. The van der Waals surface area contributed by atoms with E-state index in [1.165, 1.54) is 0 Å². The topological polar surface area (TPSA) is 76.2 Å². The van der Waals surface area contributed by atoms with Gasteiger partial charge in [0.25, 0.3) is 5.91 Å². The van der Waals surface area contributed by atoms with E-state index in [0.29, 0.717) is 31.3 Å². The number of amides is 1. The quantitative estimate of drug-likeness (QED) is 0.885. The lowest BCUT2D eigenvalue weighted by molar-refractivity contribution is -0.0864. The molecule has 6 nitrogen and oxygen atoms in total. The maximum absolute atomic E-state index is 12.3. The summed E-state index contributed by atoms with van der Waals surface area (Å²) in [7, 11) is 1.68. The van der Waals surface area contributed by atoms with Crippen LogP contribution in [0.25, 0.3) is 11.4 Å². The zero-order valence-electron chi connectivity index (χ0n) is 13.2. The number of rotatable bonds is 5. The van der Waals surface area contributed by atoms with Crippen molar-refractivity contribution in [3.8, 4) is 11.4 Å². The molecule has 6 heteroatoms. The van der Waals surface area contributed by atoms with Gasteiger partial charge in [-0.2, -0.15) is 0 Å². The van der Waals surface area contributed by atoms with Gasteiger partial charge < -0.3 is 19.8 Å². The van der Waals surface area contributed by atoms with Crippen LogP contribution in [0.5, 0.6) is 0 Å². The highest BCUT2D eigenvalue weighted by molar-refractivity contribution is 5.92. The Morgan fingerprint density at radius 3 is 2.78 bits per heavy atom. The Balaban J connectivity index is 1.63. The normalized spacial score (nSPS) is 16.9. The van der Waals surface area contributed by atoms with Crippen LogP contribution in [0.3, 0.4) is 0 Å². The summed E-state index contributed by atoms with van der Waals surface area (Å²) in [4.78, 5) is 19.7. The van der Waals surface area contributed by atoms with E-state index in [0.717, 1.165) is 18.4 Å². The smallest absolute Gasteiger partial charge is 0.269 e. The molecular weight excluding hydrogens is 294 g/mol. The summed E-state index contributed by atoms with van der Waals surface area (Å²) in [5.41, 5.74) is 1.06. The van der Waals surface area contributed by atoms with E-state index < -0.39 is 0 Å². The van der Waals surface area contributed by atoms with Crippen LogP contribution in [0, 0.1) is 0 Å². The van der Waals surface area contributed by atoms with E-state index in [9.17, 15) is 4.79 Å². The van der Waals surface area contributed by atoms with Gasteiger partial charge >= 0.3 is 0 Å². The molecule has 23 heavy (non-hydrogen) atoms. The summed E-state index contributed by atoms with van der Waals surface area (Å²) < 4.78 is 11.0. The molecule has 0 spiro atoms. The number of carbonyl (C=O) groups excluding carboxylic acids is 1. The maximum Gasteiger partial charge on any atom is 0.269 e. The first-order valence-electron chi connectivity index (χ1n) is 7.74. The van der Waals surface area contributed by atoms with Gasteiger partial charge in [-0.15, -0.1) is 0 Å². The molecule has 2 heterocycles. The van der Waals surface area contributed by atoms with Crippen LogP contribution in [-0.4, -0.2) is 48.3 Å². The number of methoxy groups -OCH3 is 1. The Kier molecular flexibility index (Phi) is 4.73. The summed E-state index contributed by atoms with van der Waals surface area (Å²) in [6.07, 6.45) is 3.12. The van der Waals surface area contributed by atoms with Gasteiger partial charge in [-0.1, -0.05) is 30.3 Å². The van der Waals surface area contributed by atoms with E-state index in [2.05, 4.69) is 15.3 Å². The molecule has 0 atom stereocenters. The first-order chi connectivity index (χ1) is 11.2. The SMILES string of the molecule is COC1(CNC(=O)c2cnc(-c3ccccc3)[nH]2)CCOCC1. The molecule has 1 aliphatic rings. The molecule has 1 fully saturated rings. The van der Waals surface area contributed by atoms with Crippen LogP contribution >= 0.6 is 0 Å². The van der Waals surface area contributed by atoms with Crippen molar-refractivity contribution >= 4 is 5.91 Å². The summed E-state index contributed by atoms with van der Waals surface area (Å²) in [5, 5.41) is 2.93. The number of benzene rings is 1. The van der Waals surface area contributed by atoms with Crippen LogP contribution in [0.4, 0.5) is 0 Å². The first-order valence-corrected chi connectivity index (χ1v) is 7.74. The third kappa shape index (κ3) is 3.60. The van der Waals surface area contributed by atoms with E-state index in [1.807, 2.05) is 30.3 Å². The van der Waals surface area contributed by atoms with Crippen LogP contribution in [0.1, 0.15) is 23.3 Å². The molecule has 0 unspecified atom stereocenters. The third-order valence-electron chi connectivity index (χ3n) is 4.28. The summed E-state index contributed by atoms with van der Waals surface area (Å²) in [5.74, 6) is 0.505. The third-order valence-corrected chi connectivity index (χ3v) is 4.28. The number of H-pyrrole nitrogens is 1. The highest BCUT2D eigenvalue weighted by atomic mass is 16.5. The van der Waals surface area contributed by atoms with Crippen molar-refractivity contribution in [1.29, 1.82) is 0 Å². The average molecular weight is 315 g/mol. The average Bonchev–Trinajstić information content (AvgIpc) is 3.11. The number of aromatic amines is 1. The molecule has 2 N–H and O–H groups in total. The Labute approximate surface area is 135 Å². The van der Waals surface area contributed by atoms with Crippen LogP contribution in [0.2, 0.25) is 0 Å². The second-order valence-electron chi connectivity index (χ2n) is 5.69. The minimum atomic E-state index is -0.337. The number of ether oxygens (including phenoxy) is 2. The summed E-state index contributed by atoms with van der Waals surface area (Å²) >= 11 is 0. The van der Waals surface area contributed by atoms with Gasteiger partial charge in [0.05, 0.1) is 11.8 Å². The zero-order chi connectivity index (χ0) is 16.1. The number of hydrogen-bond acceptors (Lipinski definition) is 4. The van der Waals surface area contributed by atoms with E-state index >= 15 is 0 Å². The van der Waals surface area contributed by atoms with Crippen LogP contribution in [0.15, 0.2) is 36.5 Å². The lowest BCUT2D eigenvalue weighted by Crippen LogP contribution is -2.48. The Morgan fingerprint density at radius 1 is 1.35 bits per heavy atom. The predicted octanol–water partition coefficient (Wildman–Crippen LogP) is 2.00. The van der Waals surface area contributed by atoms with Crippen molar-refractivity contribution in [1.82, 2.24) is 15.3 Å². The van der Waals surface area contributed by atoms with Gasteiger partial charge in [-0.25, -0.2) is 4.98 Å². The monoisotopic (exact) mass is 315 g/mol.